The molecular formula is C11H17F3N2O3. The number of halogens is 3. The average Bonchev–Trinajstić information content (AvgIpc) is 2.28. The van der Waals surface area contributed by atoms with E-state index in [9.17, 15) is 22.8 Å². The van der Waals surface area contributed by atoms with E-state index in [0.29, 0.717) is 12.8 Å². The third-order valence-electron chi connectivity index (χ3n) is 2.85. The molecule has 1 aliphatic rings. The number of hydrogen-bond acceptors (Lipinski definition) is 3. The summed E-state index contributed by atoms with van der Waals surface area (Å²) in [5, 5.41) is 2.51. The number of ether oxygens (including phenoxy) is 1. The molecule has 2 atom stereocenters. The largest absolute Gasteiger partial charge is 0.522 e. The van der Waals surface area contributed by atoms with Gasteiger partial charge < -0.3 is 10.2 Å². The smallest absolute Gasteiger partial charge is 0.343 e. The van der Waals surface area contributed by atoms with Gasteiger partial charge in [-0.1, -0.05) is 13.3 Å². The van der Waals surface area contributed by atoms with E-state index in [4.69, 9.17) is 0 Å². The van der Waals surface area contributed by atoms with Crippen molar-refractivity contribution < 1.29 is 27.5 Å². The lowest BCUT2D eigenvalue weighted by Gasteiger charge is -2.37. The number of piperazine rings is 1. The van der Waals surface area contributed by atoms with Crippen LogP contribution in [0.3, 0.4) is 0 Å². The highest BCUT2D eigenvalue weighted by molar-refractivity contribution is 5.96. The number of nitrogens with zero attached hydrogens (tertiary/aromatic N) is 1. The van der Waals surface area contributed by atoms with E-state index in [1.54, 1.807) is 0 Å². The maximum Gasteiger partial charge on any atom is 0.522 e. The summed E-state index contributed by atoms with van der Waals surface area (Å²) in [5.41, 5.74) is 0. The first kappa shape index (κ1) is 15.7. The van der Waals surface area contributed by atoms with Crippen LogP contribution in [0.15, 0.2) is 0 Å². The van der Waals surface area contributed by atoms with Crippen molar-refractivity contribution in [2.75, 3.05) is 13.2 Å². The molecule has 1 rings (SSSR count). The highest BCUT2D eigenvalue weighted by Crippen LogP contribution is 2.18. The van der Waals surface area contributed by atoms with Crippen molar-refractivity contribution >= 4 is 11.8 Å². The van der Waals surface area contributed by atoms with Crippen molar-refractivity contribution in [1.29, 1.82) is 0 Å². The Morgan fingerprint density at radius 1 is 1.37 bits per heavy atom. The molecule has 1 heterocycles. The molecule has 0 aliphatic carbocycles. The lowest BCUT2D eigenvalue weighted by atomic mass is 10.0. The van der Waals surface area contributed by atoms with Gasteiger partial charge in [-0.2, -0.15) is 0 Å². The van der Waals surface area contributed by atoms with Gasteiger partial charge in [0.2, 0.25) is 11.8 Å². The lowest BCUT2D eigenvalue weighted by molar-refractivity contribution is -0.325. The monoisotopic (exact) mass is 282 g/mol. The highest BCUT2D eigenvalue weighted by Gasteiger charge is 2.38. The van der Waals surface area contributed by atoms with Crippen molar-refractivity contribution in [2.24, 2.45) is 0 Å². The second-order valence-electron chi connectivity index (χ2n) is 4.36. The molecule has 1 aliphatic heterocycles. The van der Waals surface area contributed by atoms with Gasteiger partial charge in [-0.3, -0.25) is 14.3 Å². The summed E-state index contributed by atoms with van der Waals surface area (Å²) in [6, 6.07) is -1.43. The summed E-state index contributed by atoms with van der Waals surface area (Å²) in [6.45, 7) is 2.41. The minimum atomic E-state index is -4.73. The van der Waals surface area contributed by atoms with Gasteiger partial charge in [0.05, 0.1) is 6.61 Å². The standard InChI is InChI=1S/C11H17F3N2O3/c1-3-4-8-9(17)15-7(2)10(18)16(8)5-6-19-11(12,13)14/h7-8H,3-6H2,1-2H3,(H,15,17). The van der Waals surface area contributed by atoms with Crippen LogP contribution in [-0.4, -0.2) is 48.3 Å². The molecule has 0 aromatic carbocycles. The zero-order chi connectivity index (χ0) is 14.6. The van der Waals surface area contributed by atoms with Crippen LogP contribution < -0.4 is 5.32 Å². The Balaban J connectivity index is 2.67. The zero-order valence-electron chi connectivity index (χ0n) is 10.8. The molecule has 1 saturated heterocycles. The summed E-state index contributed by atoms with van der Waals surface area (Å²) in [4.78, 5) is 24.8. The zero-order valence-corrected chi connectivity index (χ0v) is 10.8. The van der Waals surface area contributed by atoms with Crippen LogP contribution in [0.1, 0.15) is 26.7 Å². The number of amides is 2. The molecule has 0 aromatic rings. The van der Waals surface area contributed by atoms with Crippen LogP contribution in [0, 0.1) is 0 Å². The maximum absolute atomic E-state index is 11.9. The first-order valence-electron chi connectivity index (χ1n) is 6.07. The number of alkyl halides is 3. The summed E-state index contributed by atoms with van der Waals surface area (Å²) in [5.74, 6) is -0.718. The molecule has 0 aromatic heterocycles. The van der Waals surface area contributed by atoms with Crippen LogP contribution in [0.5, 0.6) is 0 Å². The molecule has 110 valence electrons. The molecule has 1 fully saturated rings. The molecule has 19 heavy (non-hydrogen) atoms. The summed E-state index contributed by atoms with van der Waals surface area (Å²) in [7, 11) is 0. The molecule has 8 heteroatoms. The molecule has 0 bridgehead atoms. The number of carbonyl (C=O) groups excluding carboxylic acids is 2. The van der Waals surface area contributed by atoms with Gasteiger partial charge in [-0.15, -0.1) is 13.2 Å². The van der Waals surface area contributed by atoms with E-state index in [2.05, 4.69) is 10.1 Å². The molecule has 0 spiro atoms. The first-order valence-corrected chi connectivity index (χ1v) is 6.07. The van der Waals surface area contributed by atoms with E-state index in [1.807, 2.05) is 6.92 Å². The highest BCUT2D eigenvalue weighted by atomic mass is 19.4. The van der Waals surface area contributed by atoms with Gasteiger partial charge in [0.1, 0.15) is 12.1 Å². The predicted molar refractivity (Wildman–Crippen MR) is 60.0 cm³/mol. The average molecular weight is 282 g/mol. The Morgan fingerprint density at radius 3 is 2.53 bits per heavy atom. The van der Waals surface area contributed by atoms with Crippen LogP contribution in [0.25, 0.3) is 0 Å². The SMILES string of the molecule is CCCC1C(=O)NC(C)C(=O)N1CCOC(F)(F)F. The van der Waals surface area contributed by atoms with Crippen molar-refractivity contribution in [3.8, 4) is 0 Å². The lowest BCUT2D eigenvalue weighted by Crippen LogP contribution is -2.62. The van der Waals surface area contributed by atoms with E-state index < -0.39 is 25.1 Å². The fourth-order valence-corrected chi connectivity index (χ4v) is 2.00. The molecule has 0 radical (unpaired) electrons. The van der Waals surface area contributed by atoms with Crippen molar-refractivity contribution in [3.63, 3.8) is 0 Å². The topological polar surface area (TPSA) is 58.6 Å². The van der Waals surface area contributed by atoms with Gasteiger partial charge in [0.15, 0.2) is 0 Å². The number of nitrogens with one attached hydrogen (secondary N) is 1. The molecule has 5 nitrogen and oxygen atoms in total. The number of hydrogen-bond donors (Lipinski definition) is 1. The molecule has 2 amide bonds. The van der Waals surface area contributed by atoms with Crippen LogP contribution in [0.2, 0.25) is 0 Å². The van der Waals surface area contributed by atoms with Crippen LogP contribution in [0.4, 0.5) is 13.2 Å². The van der Waals surface area contributed by atoms with E-state index in [0.717, 1.165) is 0 Å². The van der Waals surface area contributed by atoms with Gasteiger partial charge in [-0.25, -0.2) is 0 Å². The van der Waals surface area contributed by atoms with Crippen LogP contribution >= 0.6 is 0 Å². The van der Waals surface area contributed by atoms with Crippen molar-refractivity contribution in [2.45, 2.75) is 45.1 Å². The van der Waals surface area contributed by atoms with Crippen LogP contribution in [-0.2, 0) is 14.3 Å². The van der Waals surface area contributed by atoms with E-state index >= 15 is 0 Å². The third kappa shape index (κ3) is 4.38. The van der Waals surface area contributed by atoms with Crippen molar-refractivity contribution in [3.05, 3.63) is 0 Å². The molecule has 0 saturated carbocycles. The predicted octanol–water partition coefficient (Wildman–Crippen LogP) is 1.04. The fourth-order valence-electron chi connectivity index (χ4n) is 2.00. The Labute approximate surface area is 109 Å². The molecular weight excluding hydrogens is 265 g/mol. The Kier molecular flexibility index (Phi) is 5.16. The van der Waals surface area contributed by atoms with E-state index in [1.165, 1.54) is 11.8 Å². The van der Waals surface area contributed by atoms with Crippen molar-refractivity contribution in [1.82, 2.24) is 10.2 Å². The summed E-state index contributed by atoms with van der Waals surface area (Å²) >= 11 is 0. The Bertz CT molecular complexity index is 347. The second kappa shape index (κ2) is 6.23. The fraction of sp³-hybridized carbons (Fsp3) is 0.818. The van der Waals surface area contributed by atoms with E-state index in [-0.39, 0.29) is 18.4 Å². The second-order valence-corrected chi connectivity index (χ2v) is 4.36. The molecule has 1 N–H and O–H groups in total. The number of carbonyl (C=O) groups is 2. The minimum absolute atomic E-state index is 0.249. The minimum Gasteiger partial charge on any atom is -0.343 e. The van der Waals surface area contributed by atoms with Gasteiger partial charge in [0.25, 0.3) is 0 Å². The van der Waals surface area contributed by atoms with Gasteiger partial charge in [-0.05, 0) is 13.3 Å². The maximum atomic E-state index is 11.9. The summed E-state index contributed by atoms with van der Waals surface area (Å²) < 4.78 is 39.4. The van der Waals surface area contributed by atoms with Gasteiger partial charge in [0, 0.05) is 6.54 Å². The number of rotatable bonds is 5. The van der Waals surface area contributed by atoms with Gasteiger partial charge >= 0.3 is 6.36 Å². The quantitative estimate of drug-likeness (QED) is 0.819. The Hall–Kier alpha value is -1.31. The summed E-state index contributed by atoms with van der Waals surface area (Å²) in [6.07, 6.45) is -3.67. The third-order valence-corrected chi connectivity index (χ3v) is 2.85. The molecule has 2 unspecified atom stereocenters. The normalized spacial score (nSPS) is 24.6. The Morgan fingerprint density at radius 2 is 2.00 bits per heavy atom. The first-order chi connectivity index (χ1) is 8.76.